The van der Waals surface area contributed by atoms with Gasteiger partial charge in [-0.1, -0.05) is 68.1 Å². The summed E-state index contributed by atoms with van der Waals surface area (Å²) in [5.74, 6) is -0.343. The van der Waals surface area contributed by atoms with E-state index in [1.165, 1.54) is 5.56 Å². The fourth-order valence-electron chi connectivity index (χ4n) is 4.79. The quantitative estimate of drug-likeness (QED) is 0.456. The summed E-state index contributed by atoms with van der Waals surface area (Å²) in [4.78, 5) is 27.9. The third kappa shape index (κ3) is 6.10. The number of hydrogen-bond acceptors (Lipinski definition) is 5. The minimum atomic E-state index is -0.220. The molecule has 2 amide bonds. The molecule has 2 aromatic carbocycles. The van der Waals surface area contributed by atoms with Crippen molar-refractivity contribution in [2.75, 3.05) is 25.0 Å². The van der Waals surface area contributed by atoms with Gasteiger partial charge >= 0.3 is 0 Å². The summed E-state index contributed by atoms with van der Waals surface area (Å²) in [5, 5.41) is 14.1. The predicted octanol–water partition coefficient (Wildman–Crippen LogP) is 3.70. The Hall–Kier alpha value is -3.16. The van der Waals surface area contributed by atoms with Crippen molar-refractivity contribution < 1.29 is 14.7 Å². The molecular weight excluding hydrogens is 440 g/mol. The minimum Gasteiger partial charge on any atom is -0.396 e. The van der Waals surface area contributed by atoms with Crippen molar-refractivity contribution >= 4 is 17.5 Å². The Morgan fingerprint density at radius 1 is 1.17 bits per heavy atom. The molecule has 7 nitrogen and oxygen atoms in total. The summed E-state index contributed by atoms with van der Waals surface area (Å²) in [6.07, 6.45) is 6.83. The Kier molecular flexibility index (Phi) is 8.21. The van der Waals surface area contributed by atoms with E-state index in [4.69, 9.17) is 0 Å². The van der Waals surface area contributed by atoms with Gasteiger partial charge in [0.25, 0.3) is 5.91 Å². The third-order valence-corrected chi connectivity index (χ3v) is 6.69. The summed E-state index contributed by atoms with van der Waals surface area (Å²) >= 11 is 0. The maximum absolute atomic E-state index is 13.4. The lowest BCUT2D eigenvalue weighted by Gasteiger charge is -2.41. The number of hydrogen-bond donors (Lipinski definition) is 3. The lowest BCUT2D eigenvalue weighted by Crippen LogP contribution is -2.57. The van der Waals surface area contributed by atoms with Gasteiger partial charge in [-0.05, 0) is 49.1 Å². The number of aryl methyl sites for hydroxylation is 1. The Morgan fingerprint density at radius 3 is 2.71 bits per heavy atom. The van der Waals surface area contributed by atoms with Crippen LogP contribution in [0, 0.1) is 6.92 Å². The predicted molar refractivity (Wildman–Crippen MR) is 137 cm³/mol. The molecule has 0 aliphatic carbocycles. The number of amides is 2. The maximum atomic E-state index is 13.4. The summed E-state index contributed by atoms with van der Waals surface area (Å²) in [6.45, 7) is 4.82. The van der Waals surface area contributed by atoms with E-state index in [2.05, 4.69) is 48.9 Å². The highest BCUT2D eigenvalue weighted by atomic mass is 16.3. The number of fused-ring (bicyclic) bond motifs is 1. The second kappa shape index (κ2) is 11.5. The van der Waals surface area contributed by atoms with Crippen LogP contribution in [-0.4, -0.2) is 52.6 Å². The molecule has 2 heterocycles. The first-order valence-electron chi connectivity index (χ1n) is 12.6. The highest BCUT2D eigenvalue weighted by Crippen LogP contribution is 2.32. The zero-order valence-electron chi connectivity index (χ0n) is 20.7. The number of aliphatic hydroxyl groups excluding tert-OH is 1. The summed E-state index contributed by atoms with van der Waals surface area (Å²) < 4.78 is 0. The molecule has 2 aromatic rings. The molecule has 0 saturated carbocycles. The smallest absolute Gasteiger partial charge is 0.271 e. The number of carbonyl (C=O) groups excluding carboxylic acids is 2. The van der Waals surface area contributed by atoms with E-state index in [0.717, 1.165) is 36.8 Å². The van der Waals surface area contributed by atoms with Crippen LogP contribution in [0.25, 0.3) is 0 Å². The molecule has 186 valence electrons. The first-order valence-corrected chi connectivity index (χ1v) is 12.6. The first kappa shape index (κ1) is 24.9. The van der Waals surface area contributed by atoms with Gasteiger partial charge < -0.3 is 15.3 Å². The average Bonchev–Trinajstić information content (AvgIpc) is 3.29. The number of hydrazine groups is 1. The Labute approximate surface area is 207 Å². The zero-order valence-corrected chi connectivity index (χ0v) is 20.7. The van der Waals surface area contributed by atoms with Crippen LogP contribution in [0.1, 0.15) is 55.3 Å². The number of anilines is 1. The number of nitrogens with one attached hydrogen (secondary N) is 2. The first-order chi connectivity index (χ1) is 17.0. The topological polar surface area (TPSA) is 84.9 Å². The van der Waals surface area contributed by atoms with Crippen LogP contribution in [-0.2, 0) is 16.0 Å². The lowest BCUT2D eigenvalue weighted by atomic mass is 10.0. The molecule has 2 aliphatic heterocycles. The number of carbonyl (C=O) groups is 2. The average molecular weight is 477 g/mol. The van der Waals surface area contributed by atoms with Crippen LogP contribution >= 0.6 is 0 Å². The highest BCUT2D eigenvalue weighted by molar-refractivity contribution is 5.99. The van der Waals surface area contributed by atoms with Crippen molar-refractivity contribution in [3.63, 3.8) is 0 Å². The SMILES string of the molecule is CCCCCC1CN(CC(=O)Nc2cccc(CCO)c2)C(=O)C2=CC(c3ccc(C)cc3)NN21. The van der Waals surface area contributed by atoms with Gasteiger partial charge in [0.2, 0.25) is 5.91 Å². The Balaban J connectivity index is 1.48. The molecule has 0 aromatic heterocycles. The normalized spacial score (nSPS) is 19.5. The molecule has 2 aliphatic rings. The molecule has 0 radical (unpaired) electrons. The largest absolute Gasteiger partial charge is 0.396 e. The van der Waals surface area contributed by atoms with Crippen LogP contribution in [0.4, 0.5) is 5.69 Å². The molecule has 1 saturated heterocycles. The van der Waals surface area contributed by atoms with Gasteiger partial charge in [0, 0.05) is 18.8 Å². The molecule has 1 fully saturated rings. The van der Waals surface area contributed by atoms with E-state index < -0.39 is 0 Å². The fraction of sp³-hybridized carbons (Fsp3) is 0.429. The highest BCUT2D eigenvalue weighted by Gasteiger charge is 2.41. The van der Waals surface area contributed by atoms with Crippen LogP contribution in [0.3, 0.4) is 0 Å². The van der Waals surface area contributed by atoms with Gasteiger partial charge in [-0.3, -0.25) is 14.6 Å². The molecule has 2 unspecified atom stereocenters. The van der Waals surface area contributed by atoms with Crippen LogP contribution in [0.15, 0.2) is 60.3 Å². The van der Waals surface area contributed by atoms with Crippen molar-refractivity contribution in [1.29, 1.82) is 0 Å². The summed E-state index contributed by atoms with van der Waals surface area (Å²) in [7, 11) is 0. The van der Waals surface area contributed by atoms with Crippen LogP contribution in [0.2, 0.25) is 0 Å². The Bertz CT molecular complexity index is 1070. The third-order valence-electron chi connectivity index (χ3n) is 6.69. The van der Waals surface area contributed by atoms with Gasteiger partial charge in [0.05, 0.1) is 12.1 Å². The zero-order chi connectivity index (χ0) is 24.8. The van der Waals surface area contributed by atoms with E-state index in [-0.39, 0.29) is 37.0 Å². The number of benzene rings is 2. The van der Waals surface area contributed by atoms with Crippen molar-refractivity contribution in [2.24, 2.45) is 0 Å². The molecule has 2 atom stereocenters. The van der Waals surface area contributed by atoms with E-state index in [0.29, 0.717) is 24.4 Å². The molecule has 0 bridgehead atoms. The van der Waals surface area contributed by atoms with E-state index in [9.17, 15) is 14.7 Å². The fourth-order valence-corrected chi connectivity index (χ4v) is 4.79. The van der Waals surface area contributed by atoms with E-state index in [1.54, 1.807) is 4.90 Å². The van der Waals surface area contributed by atoms with Gasteiger partial charge in [-0.25, -0.2) is 5.43 Å². The van der Waals surface area contributed by atoms with Gasteiger partial charge in [0.1, 0.15) is 12.2 Å². The van der Waals surface area contributed by atoms with Crippen LogP contribution in [0.5, 0.6) is 0 Å². The van der Waals surface area contributed by atoms with Crippen LogP contribution < -0.4 is 10.7 Å². The van der Waals surface area contributed by atoms with Gasteiger partial charge in [-0.2, -0.15) is 0 Å². The molecular formula is C28H36N4O3. The molecule has 0 spiro atoms. The lowest BCUT2D eigenvalue weighted by molar-refractivity contribution is -0.137. The number of rotatable bonds is 10. The standard InChI is InChI=1S/C28H36N4O3/c1-3-4-5-9-24-18-31(19-27(34)29-23-8-6-7-21(16-23)14-15-33)28(35)26-17-25(30-32(24)26)22-12-10-20(2)11-13-22/h6-8,10-13,16-17,24-25,30,33H,3-5,9,14-15,18-19H2,1-2H3,(H,29,34). The molecule has 4 rings (SSSR count). The second-order valence-corrected chi connectivity index (χ2v) is 9.50. The molecule has 3 N–H and O–H groups in total. The number of piperazine rings is 1. The van der Waals surface area contributed by atoms with Gasteiger partial charge in [0.15, 0.2) is 0 Å². The minimum absolute atomic E-state index is 0.00766. The number of nitrogens with zero attached hydrogens (tertiary/aromatic N) is 2. The van der Waals surface area contributed by atoms with E-state index in [1.807, 2.05) is 35.4 Å². The summed E-state index contributed by atoms with van der Waals surface area (Å²) in [6, 6.07) is 15.9. The summed E-state index contributed by atoms with van der Waals surface area (Å²) in [5.41, 5.74) is 8.11. The monoisotopic (exact) mass is 476 g/mol. The Morgan fingerprint density at radius 2 is 1.97 bits per heavy atom. The van der Waals surface area contributed by atoms with Crippen molar-refractivity contribution in [2.45, 2.75) is 58.0 Å². The van der Waals surface area contributed by atoms with Crippen molar-refractivity contribution in [3.8, 4) is 0 Å². The van der Waals surface area contributed by atoms with Crippen molar-refractivity contribution in [3.05, 3.63) is 77.0 Å². The van der Waals surface area contributed by atoms with Gasteiger partial charge in [-0.15, -0.1) is 0 Å². The molecule has 35 heavy (non-hydrogen) atoms. The van der Waals surface area contributed by atoms with Crippen molar-refractivity contribution in [1.82, 2.24) is 15.3 Å². The second-order valence-electron chi connectivity index (χ2n) is 9.50. The molecule has 7 heteroatoms. The number of aliphatic hydroxyl groups is 1. The van der Waals surface area contributed by atoms with E-state index >= 15 is 0 Å². The number of unbranched alkanes of at least 4 members (excludes halogenated alkanes) is 2. The maximum Gasteiger partial charge on any atom is 0.271 e.